The lowest BCUT2D eigenvalue weighted by atomic mass is 9.74. The van der Waals surface area contributed by atoms with Crippen molar-refractivity contribution in [3.05, 3.63) is 0 Å². The molecule has 1 aliphatic rings. The Hall–Kier alpha value is -0.280. The molecule has 2 atom stereocenters. The summed E-state index contributed by atoms with van der Waals surface area (Å²) >= 11 is 0. The lowest BCUT2D eigenvalue weighted by Gasteiger charge is -2.35. The Morgan fingerprint density at radius 3 is 2.50 bits per heavy atom. The first-order chi connectivity index (χ1) is 5.07. The third-order valence-corrected chi connectivity index (χ3v) is 2.76. The Kier molecular flexibility index (Phi) is 4.00. The van der Waals surface area contributed by atoms with Crippen LogP contribution in [-0.4, -0.2) is 16.6 Å². The summed E-state index contributed by atoms with van der Waals surface area (Å²) in [7, 11) is 0. The molecule has 0 amide bonds. The van der Waals surface area contributed by atoms with Crippen molar-refractivity contribution in [2.45, 2.75) is 38.1 Å². The first-order valence-corrected chi connectivity index (χ1v) is 4.09. The maximum Gasteiger partial charge on any atom is 0.323 e. The number of aliphatic carboxylic acids is 1. The number of hydrogen-bond acceptors (Lipinski definition) is 2. The largest absolute Gasteiger partial charge is 0.480 e. The quantitative estimate of drug-likeness (QED) is 0.662. The normalized spacial score (nSPS) is 35.3. The van der Waals surface area contributed by atoms with E-state index in [0.717, 1.165) is 19.3 Å². The lowest BCUT2D eigenvalue weighted by Crippen LogP contribution is -2.54. The number of hydrogen-bond donors (Lipinski definition) is 2. The van der Waals surface area contributed by atoms with E-state index in [1.165, 1.54) is 0 Å². The van der Waals surface area contributed by atoms with E-state index in [1.54, 1.807) is 0 Å². The zero-order chi connectivity index (χ0) is 8.48. The maximum absolute atomic E-state index is 10.8. The van der Waals surface area contributed by atoms with Crippen LogP contribution in [-0.2, 0) is 4.79 Å². The van der Waals surface area contributed by atoms with E-state index in [4.69, 9.17) is 10.8 Å². The molecule has 0 aromatic carbocycles. The molecule has 0 aromatic heterocycles. The second kappa shape index (κ2) is 4.10. The van der Waals surface area contributed by atoms with Crippen molar-refractivity contribution in [3.8, 4) is 0 Å². The van der Waals surface area contributed by atoms with Crippen LogP contribution in [0.25, 0.3) is 0 Å². The number of carbonyl (C=O) groups is 1. The second-order valence-electron chi connectivity index (χ2n) is 3.49. The monoisotopic (exact) mass is 193 g/mol. The van der Waals surface area contributed by atoms with Crippen LogP contribution in [0.1, 0.15) is 32.6 Å². The van der Waals surface area contributed by atoms with Crippen molar-refractivity contribution >= 4 is 18.4 Å². The van der Waals surface area contributed by atoms with Gasteiger partial charge in [0.15, 0.2) is 0 Å². The molecule has 0 saturated heterocycles. The standard InChI is InChI=1S/C8H15NO2.ClH/c1-6-4-2-3-5-8(6,9)7(10)11;/h6H,2-5,9H2,1H3,(H,10,11);1H. The summed E-state index contributed by atoms with van der Waals surface area (Å²) in [4.78, 5) is 10.8. The first kappa shape index (κ1) is 11.7. The molecule has 1 rings (SSSR count). The summed E-state index contributed by atoms with van der Waals surface area (Å²) in [6, 6.07) is 0. The van der Waals surface area contributed by atoms with Gasteiger partial charge in [-0.25, -0.2) is 0 Å². The fourth-order valence-corrected chi connectivity index (χ4v) is 1.69. The molecule has 12 heavy (non-hydrogen) atoms. The summed E-state index contributed by atoms with van der Waals surface area (Å²) in [6.45, 7) is 1.92. The zero-order valence-electron chi connectivity index (χ0n) is 7.25. The third-order valence-electron chi connectivity index (χ3n) is 2.76. The minimum atomic E-state index is -0.946. The highest BCUT2D eigenvalue weighted by Crippen LogP contribution is 2.31. The van der Waals surface area contributed by atoms with Crippen LogP contribution < -0.4 is 5.73 Å². The topological polar surface area (TPSA) is 63.3 Å². The highest BCUT2D eigenvalue weighted by atomic mass is 35.5. The molecule has 2 unspecified atom stereocenters. The van der Waals surface area contributed by atoms with Gasteiger partial charge < -0.3 is 10.8 Å². The summed E-state index contributed by atoms with van der Waals surface area (Å²) in [5, 5.41) is 8.84. The molecule has 0 radical (unpaired) electrons. The summed E-state index contributed by atoms with van der Waals surface area (Å²) in [6.07, 6.45) is 3.65. The predicted molar refractivity (Wildman–Crippen MR) is 49.4 cm³/mol. The minimum absolute atomic E-state index is 0. The van der Waals surface area contributed by atoms with E-state index in [0.29, 0.717) is 6.42 Å². The summed E-state index contributed by atoms with van der Waals surface area (Å²) in [5.41, 5.74) is 4.80. The Bertz CT molecular complexity index is 174. The van der Waals surface area contributed by atoms with Crippen molar-refractivity contribution in [2.24, 2.45) is 11.7 Å². The van der Waals surface area contributed by atoms with Crippen LogP contribution in [0.4, 0.5) is 0 Å². The number of carboxylic acids is 1. The van der Waals surface area contributed by atoms with E-state index >= 15 is 0 Å². The van der Waals surface area contributed by atoms with E-state index in [1.807, 2.05) is 6.92 Å². The maximum atomic E-state index is 10.8. The lowest BCUT2D eigenvalue weighted by molar-refractivity contribution is -0.146. The molecular weight excluding hydrogens is 178 g/mol. The van der Waals surface area contributed by atoms with Crippen LogP contribution in [0.2, 0.25) is 0 Å². The average Bonchev–Trinajstić information content (AvgIpc) is 1.95. The number of halogens is 1. The van der Waals surface area contributed by atoms with Gasteiger partial charge in [-0.1, -0.05) is 19.8 Å². The molecule has 1 fully saturated rings. The molecule has 72 valence electrons. The van der Waals surface area contributed by atoms with Gasteiger partial charge in [-0.3, -0.25) is 4.79 Å². The highest BCUT2D eigenvalue weighted by Gasteiger charge is 2.41. The molecule has 3 N–H and O–H groups in total. The van der Waals surface area contributed by atoms with Gasteiger partial charge in [0, 0.05) is 0 Å². The van der Waals surface area contributed by atoms with Gasteiger partial charge in [-0.15, -0.1) is 12.4 Å². The molecule has 4 heteroatoms. The summed E-state index contributed by atoms with van der Waals surface area (Å²) < 4.78 is 0. The SMILES string of the molecule is CC1CCCCC1(N)C(=O)O.Cl. The van der Waals surface area contributed by atoms with Crippen molar-refractivity contribution < 1.29 is 9.90 Å². The van der Waals surface area contributed by atoms with Crippen molar-refractivity contribution in [1.82, 2.24) is 0 Å². The fourth-order valence-electron chi connectivity index (χ4n) is 1.69. The third kappa shape index (κ3) is 1.90. The van der Waals surface area contributed by atoms with Gasteiger partial charge in [0.05, 0.1) is 0 Å². The predicted octanol–water partition coefficient (Wildman–Crippen LogP) is 1.40. The Morgan fingerprint density at radius 1 is 1.58 bits per heavy atom. The van der Waals surface area contributed by atoms with Crippen LogP contribution in [0, 0.1) is 5.92 Å². The van der Waals surface area contributed by atoms with Gasteiger partial charge in [0.25, 0.3) is 0 Å². The molecule has 0 aliphatic heterocycles. The van der Waals surface area contributed by atoms with Gasteiger partial charge in [0.2, 0.25) is 0 Å². The van der Waals surface area contributed by atoms with Crippen LogP contribution in [0.5, 0.6) is 0 Å². The van der Waals surface area contributed by atoms with Gasteiger partial charge in [0.1, 0.15) is 5.54 Å². The van der Waals surface area contributed by atoms with E-state index in [-0.39, 0.29) is 18.3 Å². The highest BCUT2D eigenvalue weighted by molar-refractivity contribution is 5.85. The number of rotatable bonds is 1. The molecule has 0 heterocycles. The number of carboxylic acid groups (broad SMARTS) is 1. The molecule has 0 aromatic rings. The number of nitrogens with two attached hydrogens (primary N) is 1. The van der Waals surface area contributed by atoms with Crippen LogP contribution >= 0.6 is 12.4 Å². The molecule has 3 nitrogen and oxygen atoms in total. The minimum Gasteiger partial charge on any atom is -0.480 e. The van der Waals surface area contributed by atoms with Gasteiger partial charge >= 0.3 is 5.97 Å². The van der Waals surface area contributed by atoms with E-state index in [2.05, 4.69) is 0 Å². The Morgan fingerprint density at radius 2 is 2.17 bits per heavy atom. The zero-order valence-corrected chi connectivity index (χ0v) is 8.06. The fraction of sp³-hybridized carbons (Fsp3) is 0.875. The molecule has 0 spiro atoms. The molecule has 1 saturated carbocycles. The van der Waals surface area contributed by atoms with Crippen molar-refractivity contribution in [2.75, 3.05) is 0 Å². The van der Waals surface area contributed by atoms with E-state index in [9.17, 15) is 4.79 Å². The Balaban J connectivity index is 0.00000121. The van der Waals surface area contributed by atoms with Crippen molar-refractivity contribution in [1.29, 1.82) is 0 Å². The molecular formula is C8H16ClNO2. The van der Waals surface area contributed by atoms with Crippen LogP contribution in [0.3, 0.4) is 0 Å². The average molecular weight is 194 g/mol. The molecule has 1 aliphatic carbocycles. The van der Waals surface area contributed by atoms with Crippen LogP contribution in [0.15, 0.2) is 0 Å². The van der Waals surface area contributed by atoms with Crippen molar-refractivity contribution in [3.63, 3.8) is 0 Å². The van der Waals surface area contributed by atoms with Gasteiger partial charge in [-0.05, 0) is 18.8 Å². The first-order valence-electron chi connectivity index (χ1n) is 4.09. The smallest absolute Gasteiger partial charge is 0.323 e. The molecule has 0 bridgehead atoms. The van der Waals surface area contributed by atoms with E-state index < -0.39 is 11.5 Å². The summed E-state index contributed by atoms with van der Waals surface area (Å²) in [5.74, 6) is -0.724. The van der Waals surface area contributed by atoms with Gasteiger partial charge in [-0.2, -0.15) is 0 Å². The second-order valence-corrected chi connectivity index (χ2v) is 3.49. The Labute approximate surface area is 78.7 Å².